The van der Waals surface area contributed by atoms with E-state index < -0.39 is 0 Å². The van der Waals surface area contributed by atoms with Crippen LogP contribution in [0, 0.1) is 6.92 Å². The van der Waals surface area contributed by atoms with Crippen molar-refractivity contribution in [3.8, 4) is 0 Å². The monoisotopic (exact) mass is 391 g/mol. The number of hydrogen-bond acceptors (Lipinski definition) is 4. The number of rotatable bonds is 3. The van der Waals surface area contributed by atoms with E-state index in [2.05, 4.69) is 10.3 Å². The van der Waals surface area contributed by atoms with Crippen molar-refractivity contribution < 1.29 is 4.79 Å². The molecule has 1 aromatic heterocycles. The van der Waals surface area contributed by atoms with Crippen LogP contribution in [0.25, 0.3) is 0 Å². The van der Waals surface area contributed by atoms with Crippen LogP contribution in [0.3, 0.4) is 0 Å². The Labute approximate surface area is 162 Å². The molecule has 0 spiro atoms. The van der Waals surface area contributed by atoms with Crippen LogP contribution in [-0.2, 0) is 10.2 Å². The van der Waals surface area contributed by atoms with Gasteiger partial charge in [0.25, 0.3) is 5.56 Å². The molecular weight excluding hydrogens is 370 g/mol. The Balaban J connectivity index is 1.79. The lowest BCUT2D eigenvalue weighted by Gasteiger charge is -2.19. The zero-order valence-electron chi connectivity index (χ0n) is 15.3. The predicted molar refractivity (Wildman–Crippen MR) is 106 cm³/mol. The normalized spacial score (nSPS) is 16.4. The average molecular weight is 392 g/mol. The molecule has 7 heteroatoms. The van der Waals surface area contributed by atoms with Gasteiger partial charge in [0.2, 0.25) is 5.91 Å². The number of anilines is 1. The highest BCUT2D eigenvalue weighted by molar-refractivity contribution is 7.99. The van der Waals surface area contributed by atoms with Crippen molar-refractivity contribution in [1.82, 2.24) is 9.55 Å². The van der Waals surface area contributed by atoms with Crippen LogP contribution in [-0.4, -0.2) is 21.2 Å². The fourth-order valence-electron chi connectivity index (χ4n) is 2.83. The Morgan fingerprint density at radius 1 is 1.38 bits per heavy atom. The van der Waals surface area contributed by atoms with E-state index in [-0.39, 0.29) is 29.3 Å². The summed E-state index contributed by atoms with van der Waals surface area (Å²) in [6, 6.07) is 6.77. The van der Waals surface area contributed by atoms with Gasteiger partial charge in [-0.25, -0.2) is 4.98 Å². The maximum absolute atomic E-state index is 12.6. The first-order valence-corrected chi connectivity index (χ1v) is 9.84. The summed E-state index contributed by atoms with van der Waals surface area (Å²) in [5.41, 5.74) is 2.14. The number of hydrogen-bond donors (Lipinski definition) is 1. The molecule has 0 bridgehead atoms. The number of amides is 1. The fourth-order valence-corrected chi connectivity index (χ4v) is 4.15. The van der Waals surface area contributed by atoms with E-state index in [0.717, 1.165) is 11.3 Å². The highest BCUT2D eigenvalue weighted by Gasteiger charge is 2.29. The van der Waals surface area contributed by atoms with Gasteiger partial charge in [0.15, 0.2) is 5.16 Å². The average Bonchev–Trinajstić information content (AvgIpc) is 2.93. The molecule has 0 saturated carbocycles. The van der Waals surface area contributed by atoms with Gasteiger partial charge < -0.3 is 5.32 Å². The third-order valence-electron chi connectivity index (χ3n) is 4.35. The molecule has 1 unspecified atom stereocenters. The van der Waals surface area contributed by atoms with Gasteiger partial charge >= 0.3 is 0 Å². The van der Waals surface area contributed by atoms with Gasteiger partial charge in [-0.15, -0.1) is 0 Å². The summed E-state index contributed by atoms with van der Waals surface area (Å²) in [6.07, 6.45) is 0.225. The number of nitrogens with zero attached hydrogens (tertiary/aromatic N) is 2. The number of carbonyl (C=O) groups excluding carboxylic acids is 1. The quantitative estimate of drug-likeness (QED) is 0.797. The highest BCUT2D eigenvalue weighted by Crippen LogP contribution is 2.34. The van der Waals surface area contributed by atoms with Crippen molar-refractivity contribution in [2.45, 2.75) is 50.7 Å². The first-order valence-electron chi connectivity index (χ1n) is 8.48. The van der Waals surface area contributed by atoms with Gasteiger partial charge in [-0.3, -0.25) is 14.2 Å². The Hall–Kier alpha value is -1.79. The van der Waals surface area contributed by atoms with Gasteiger partial charge in [0.05, 0.1) is 11.7 Å². The lowest BCUT2D eigenvalue weighted by Crippen LogP contribution is -2.29. The van der Waals surface area contributed by atoms with Crippen molar-refractivity contribution in [2.75, 3.05) is 11.1 Å². The predicted octanol–water partition coefficient (Wildman–Crippen LogP) is 4.18. The summed E-state index contributed by atoms with van der Waals surface area (Å²) in [5, 5.41) is 4.16. The van der Waals surface area contributed by atoms with E-state index >= 15 is 0 Å². The minimum absolute atomic E-state index is 0.0957. The Morgan fingerprint density at radius 3 is 2.81 bits per heavy atom. The van der Waals surface area contributed by atoms with Gasteiger partial charge in [0.1, 0.15) is 0 Å². The van der Waals surface area contributed by atoms with E-state index in [4.69, 9.17) is 11.6 Å². The number of fused-ring (bicyclic) bond motifs is 1. The first kappa shape index (κ1) is 19.0. The Morgan fingerprint density at radius 2 is 2.12 bits per heavy atom. The third-order valence-corrected chi connectivity index (χ3v) is 5.69. The van der Waals surface area contributed by atoms with Crippen LogP contribution in [0.4, 0.5) is 5.69 Å². The standard InChI is InChI=1S/C19H22ClN3O2S/c1-11-5-6-12(20)7-14(11)21-16(24)8-13-10-26-18-22-15(19(2,3)4)9-17(25)23(13)18/h5-7,9,13H,8,10H2,1-4H3,(H,21,24). The lowest BCUT2D eigenvalue weighted by molar-refractivity contribution is -0.116. The van der Waals surface area contributed by atoms with E-state index in [9.17, 15) is 9.59 Å². The van der Waals surface area contributed by atoms with Crippen molar-refractivity contribution in [3.63, 3.8) is 0 Å². The number of benzene rings is 1. The zero-order chi connectivity index (χ0) is 19.1. The molecule has 1 N–H and O–H groups in total. The minimum atomic E-state index is -0.191. The second-order valence-electron chi connectivity index (χ2n) is 7.56. The molecule has 2 aromatic rings. The second kappa shape index (κ2) is 7.08. The number of nitrogens with one attached hydrogen (secondary N) is 1. The van der Waals surface area contributed by atoms with Gasteiger partial charge in [0, 0.05) is 34.4 Å². The summed E-state index contributed by atoms with van der Waals surface area (Å²) >= 11 is 7.53. The number of aromatic nitrogens is 2. The highest BCUT2D eigenvalue weighted by atomic mass is 35.5. The van der Waals surface area contributed by atoms with Crippen molar-refractivity contribution in [2.24, 2.45) is 0 Å². The van der Waals surface area contributed by atoms with Crippen molar-refractivity contribution in [3.05, 3.63) is 50.9 Å². The third kappa shape index (κ3) is 3.96. The van der Waals surface area contributed by atoms with E-state index in [1.807, 2.05) is 33.8 Å². The smallest absolute Gasteiger partial charge is 0.254 e. The molecule has 0 aliphatic carbocycles. The lowest BCUT2D eigenvalue weighted by atomic mass is 9.92. The topological polar surface area (TPSA) is 64.0 Å². The molecule has 1 aliphatic heterocycles. The van der Waals surface area contributed by atoms with Crippen LogP contribution in [0.2, 0.25) is 5.02 Å². The number of carbonyl (C=O) groups is 1. The van der Waals surface area contributed by atoms with Crippen LogP contribution >= 0.6 is 23.4 Å². The second-order valence-corrected chi connectivity index (χ2v) is 8.98. The van der Waals surface area contributed by atoms with Crippen LogP contribution in [0.15, 0.2) is 34.2 Å². The van der Waals surface area contributed by atoms with E-state index in [1.54, 1.807) is 22.8 Å². The number of thioether (sulfide) groups is 1. The summed E-state index contributed by atoms with van der Waals surface area (Å²) in [5.74, 6) is 0.526. The molecule has 1 aromatic carbocycles. The number of halogens is 1. The molecule has 0 saturated heterocycles. The van der Waals surface area contributed by atoms with Crippen LogP contribution in [0.1, 0.15) is 44.5 Å². The minimum Gasteiger partial charge on any atom is -0.326 e. The molecule has 1 atom stereocenters. The van der Waals surface area contributed by atoms with Crippen molar-refractivity contribution in [1.29, 1.82) is 0 Å². The number of aryl methyl sites for hydroxylation is 1. The van der Waals surface area contributed by atoms with E-state index in [0.29, 0.717) is 21.6 Å². The van der Waals surface area contributed by atoms with Crippen LogP contribution in [0.5, 0.6) is 0 Å². The molecule has 2 heterocycles. The first-order chi connectivity index (χ1) is 12.1. The summed E-state index contributed by atoms with van der Waals surface area (Å²) < 4.78 is 1.64. The summed E-state index contributed by atoms with van der Waals surface area (Å²) in [4.78, 5) is 29.7. The SMILES string of the molecule is Cc1ccc(Cl)cc1NC(=O)CC1CSc2nc(C(C)(C)C)cc(=O)n21. The molecule has 0 fully saturated rings. The summed E-state index contributed by atoms with van der Waals surface area (Å²) in [6.45, 7) is 8.01. The van der Waals surface area contributed by atoms with Gasteiger partial charge in [-0.05, 0) is 24.6 Å². The molecular formula is C19H22ClN3O2S. The Bertz CT molecular complexity index is 918. The van der Waals surface area contributed by atoms with Gasteiger partial charge in [-0.1, -0.05) is 50.2 Å². The molecule has 26 heavy (non-hydrogen) atoms. The maximum atomic E-state index is 12.6. The van der Waals surface area contributed by atoms with Gasteiger partial charge in [-0.2, -0.15) is 0 Å². The maximum Gasteiger partial charge on any atom is 0.254 e. The van der Waals surface area contributed by atoms with E-state index in [1.165, 1.54) is 11.8 Å². The largest absolute Gasteiger partial charge is 0.326 e. The molecule has 138 valence electrons. The fraction of sp³-hybridized carbons (Fsp3) is 0.421. The molecule has 1 aliphatic rings. The molecule has 0 radical (unpaired) electrons. The molecule has 1 amide bonds. The van der Waals surface area contributed by atoms with Crippen molar-refractivity contribution >= 4 is 35.0 Å². The van der Waals surface area contributed by atoms with Crippen LogP contribution < -0.4 is 10.9 Å². The molecule has 5 nitrogen and oxygen atoms in total. The Kier molecular flexibility index (Phi) is 5.17. The summed E-state index contributed by atoms with van der Waals surface area (Å²) in [7, 11) is 0. The molecule has 3 rings (SSSR count). The zero-order valence-corrected chi connectivity index (χ0v) is 16.9.